The van der Waals surface area contributed by atoms with E-state index in [4.69, 9.17) is 4.42 Å². The first-order valence-electron chi connectivity index (χ1n) is 10.7. The summed E-state index contributed by atoms with van der Waals surface area (Å²) in [7, 11) is 0. The third-order valence-corrected chi connectivity index (χ3v) is 6.38. The molecule has 36 heavy (non-hydrogen) atoms. The highest BCUT2D eigenvalue weighted by molar-refractivity contribution is 8.00. The van der Waals surface area contributed by atoms with Gasteiger partial charge in [-0.25, -0.2) is 0 Å². The Kier molecular flexibility index (Phi) is 8.27. The Labute approximate surface area is 215 Å². The minimum Gasteiger partial charge on any atom is -0.465 e. The summed E-state index contributed by atoms with van der Waals surface area (Å²) >= 11 is 2.66. The summed E-state index contributed by atoms with van der Waals surface area (Å²) in [6.07, 6.45) is 2.93. The second-order valence-electron chi connectivity index (χ2n) is 7.34. The van der Waals surface area contributed by atoms with Crippen molar-refractivity contribution in [2.75, 3.05) is 16.4 Å². The summed E-state index contributed by atoms with van der Waals surface area (Å²) in [5.41, 5.74) is 0.973. The normalized spacial score (nSPS) is 11.1. The number of carbonyl (C=O) groups excluding carboxylic acids is 3. The molecule has 0 aliphatic carbocycles. The van der Waals surface area contributed by atoms with Crippen LogP contribution in [0.15, 0.2) is 88.0 Å². The number of nitrogens with zero attached hydrogens (tertiary/aromatic N) is 2. The molecule has 2 aromatic heterocycles. The number of thioether (sulfide) groups is 1. The van der Waals surface area contributed by atoms with Gasteiger partial charge in [0.15, 0.2) is 0 Å². The third-order valence-electron chi connectivity index (χ3n) is 4.61. The van der Waals surface area contributed by atoms with Crippen LogP contribution in [0, 0.1) is 6.92 Å². The molecule has 3 N–H and O–H groups in total. The van der Waals surface area contributed by atoms with Crippen molar-refractivity contribution < 1.29 is 18.8 Å². The van der Waals surface area contributed by atoms with Crippen LogP contribution in [0.4, 0.5) is 10.8 Å². The maximum atomic E-state index is 13.0. The minimum atomic E-state index is -0.511. The average Bonchev–Trinajstić information content (AvgIpc) is 3.55. The number of anilines is 2. The second-order valence-corrected chi connectivity index (χ2v) is 9.57. The van der Waals surface area contributed by atoms with Crippen molar-refractivity contribution in [3.8, 4) is 0 Å². The summed E-state index contributed by atoms with van der Waals surface area (Å²) in [6, 6.07) is 19.0. The van der Waals surface area contributed by atoms with E-state index in [2.05, 4.69) is 26.1 Å². The lowest BCUT2D eigenvalue weighted by atomic mass is 10.2. The molecule has 0 fully saturated rings. The maximum Gasteiger partial charge on any atom is 0.272 e. The van der Waals surface area contributed by atoms with Gasteiger partial charge in [0.25, 0.3) is 11.8 Å². The van der Waals surface area contributed by atoms with Crippen molar-refractivity contribution in [1.29, 1.82) is 0 Å². The van der Waals surface area contributed by atoms with Gasteiger partial charge in [-0.1, -0.05) is 29.5 Å². The fraction of sp³-hybridized carbons (Fsp3) is 0.0800. The molecule has 0 saturated carbocycles. The van der Waals surface area contributed by atoms with Gasteiger partial charge in [-0.05, 0) is 55.5 Å². The largest absolute Gasteiger partial charge is 0.465 e. The Morgan fingerprint density at radius 1 is 0.972 bits per heavy atom. The van der Waals surface area contributed by atoms with E-state index in [-0.39, 0.29) is 17.4 Å². The van der Waals surface area contributed by atoms with Crippen LogP contribution in [0.3, 0.4) is 0 Å². The smallest absolute Gasteiger partial charge is 0.272 e. The minimum absolute atomic E-state index is 0.0286. The molecule has 0 spiro atoms. The van der Waals surface area contributed by atoms with E-state index in [1.165, 1.54) is 35.4 Å². The van der Waals surface area contributed by atoms with Crippen LogP contribution < -0.4 is 16.0 Å². The van der Waals surface area contributed by atoms with Crippen molar-refractivity contribution in [3.63, 3.8) is 0 Å². The Balaban J connectivity index is 1.37. The highest BCUT2D eigenvalue weighted by Crippen LogP contribution is 2.22. The van der Waals surface area contributed by atoms with Gasteiger partial charge >= 0.3 is 0 Å². The van der Waals surface area contributed by atoms with Crippen LogP contribution in [-0.4, -0.2) is 33.7 Å². The molecule has 0 aliphatic heterocycles. The number of nitrogens with one attached hydrogen (secondary N) is 3. The number of amides is 3. The van der Waals surface area contributed by atoms with E-state index in [1.807, 2.05) is 6.92 Å². The molecule has 9 nitrogen and oxygen atoms in total. The van der Waals surface area contributed by atoms with E-state index in [0.29, 0.717) is 22.1 Å². The Morgan fingerprint density at radius 2 is 1.75 bits per heavy atom. The molecule has 2 heterocycles. The molecule has 0 aliphatic rings. The van der Waals surface area contributed by atoms with E-state index in [1.54, 1.807) is 66.7 Å². The molecule has 0 radical (unpaired) electrons. The topological polar surface area (TPSA) is 126 Å². The van der Waals surface area contributed by atoms with Crippen molar-refractivity contribution in [3.05, 3.63) is 95.0 Å². The number of aryl methyl sites for hydroxylation is 1. The molecule has 0 bridgehead atoms. The number of aromatic nitrogens is 2. The van der Waals surface area contributed by atoms with Gasteiger partial charge < -0.3 is 15.1 Å². The molecule has 2 aromatic carbocycles. The van der Waals surface area contributed by atoms with Crippen LogP contribution in [0.1, 0.15) is 21.1 Å². The zero-order valence-electron chi connectivity index (χ0n) is 19.1. The molecule has 3 amide bonds. The predicted molar refractivity (Wildman–Crippen MR) is 140 cm³/mol. The number of furan rings is 1. The molecule has 11 heteroatoms. The van der Waals surface area contributed by atoms with Gasteiger partial charge in [-0.2, -0.15) is 0 Å². The zero-order valence-corrected chi connectivity index (χ0v) is 20.7. The SMILES string of the molecule is Cc1nnc(NC(=O)CSc2ccc(NC(=O)/C(=C/c3ccco3)NC(=O)c3ccccc3)cc2)s1. The van der Waals surface area contributed by atoms with Crippen molar-refractivity contribution >= 4 is 57.7 Å². The van der Waals surface area contributed by atoms with Crippen LogP contribution in [-0.2, 0) is 9.59 Å². The molecule has 4 aromatic rings. The summed E-state index contributed by atoms with van der Waals surface area (Å²) in [4.78, 5) is 38.6. The van der Waals surface area contributed by atoms with E-state index < -0.39 is 11.8 Å². The Hall–Kier alpha value is -4.22. The number of hydrogen-bond donors (Lipinski definition) is 3. The van der Waals surface area contributed by atoms with Gasteiger partial charge in [-0.3, -0.25) is 19.7 Å². The van der Waals surface area contributed by atoms with Gasteiger partial charge in [-0.15, -0.1) is 22.0 Å². The van der Waals surface area contributed by atoms with Crippen LogP contribution in [0.2, 0.25) is 0 Å². The Morgan fingerprint density at radius 3 is 2.42 bits per heavy atom. The Bertz CT molecular complexity index is 1370. The molecule has 182 valence electrons. The van der Waals surface area contributed by atoms with Crippen molar-refractivity contribution in [2.24, 2.45) is 0 Å². The highest BCUT2D eigenvalue weighted by Gasteiger charge is 2.16. The molecular weight excluding hydrogens is 498 g/mol. The van der Waals surface area contributed by atoms with Crippen LogP contribution in [0.5, 0.6) is 0 Å². The highest BCUT2D eigenvalue weighted by atomic mass is 32.2. The maximum absolute atomic E-state index is 13.0. The molecule has 0 saturated heterocycles. The predicted octanol–water partition coefficient (Wildman–Crippen LogP) is 4.58. The second kappa shape index (κ2) is 12.0. The lowest BCUT2D eigenvalue weighted by Gasteiger charge is -2.11. The van der Waals surface area contributed by atoms with Gasteiger partial charge in [0.2, 0.25) is 11.0 Å². The number of benzene rings is 2. The molecular formula is C25H21N5O4S2. The summed E-state index contributed by atoms with van der Waals surface area (Å²) in [5, 5.41) is 17.1. The van der Waals surface area contributed by atoms with Crippen molar-refractivity contribution in [2.45, 2.75) is 11.8 Å². The van der Waals surface area contributed by atoms with Gasteiger partial charge in [0, 0.05) is 22.2 Å². The quantitative estimate of drug-likeness (QED) is 0.218. The average molecular weight is 520 g/mol. The molecule has 0 atom stereocenters. The van der Waals surface area contributed by atoms with Crippen LogP contribution in [0.25, 0.3) is 6.08 Å². The number of hydrogen-bond acceptors (Lipinski definition) is 8. The lowest BCUT2D eigenvalue weighted by molar-refractivity contribution is -0.114. The summed E-state index contributed by atoms with van der Waals surface area (Å²) in [5.74, 6) is -0.496. The molecule has 0 unspecified atom stereocenters. The van der Waals surface area contributed by atoms with Gasteiger partial charge in [0.1, 0.15) is 16.5 Å². The number of rotatable bonds is 9. The summed E-state index contributed by atoms with van der Waals surface area (Å²) < 4.78 is 5.30. The van der Waals surface area contributed by atoms with Crippen molar-refractivity contribution in [1.82, 2.24) is 15.5 Å². The first-order valence-corrected chi connectivity index (χ1v) is 12.5. The first-order chi connectivity index (χ1) is 17.5. The van der Waals surface area contributed by atoms with E-state index >= 15 is 0 Å². The zero-order chi connectivity index (χ0) is 25.3. The van der Waals surface area contributed by atoms with Gasteiger partial charge in [0.05, 0.1) is 12.0 Å². The fourth-order valence-corrected chi connectivity index (χ4v) is 4.25. The first kappa shape index (κ1) is 24.9. The lowest BCUT2D eigenvalue weighted by Crippen LogP contribution is -2.30. The van der Waals surface area contributed by atoms with E-state index in [0.717, 1.165) is 9.90 Å². The summed E-state index contributed by atoms with van der Waals surface area (Å²) in [6.45, 7) is 1.81. The number of carbonyl (C=O) groups is 3. The molecule has 4 rings (SSSR count). The van der Waals surface area contributed by atoms with Crippen LogP contribution >= 0.6 is 23.1 Å². The monoisotopic (exact) mass is 519 g/mol. The standard InChI is InChI=1S/C25H21N5O4S2/c1-16-29-30-25(36-16)28-22(31)15-35-20-11-9-18(10-12-20)26-24(33)21(14-19-8-5-13-34-19)27-23(32)17-6-3-2-4-7-17/h2-14H,15H2,1H3,(H,26,33)(H,27,32)(H,28,30,31)/b21-14-. The fourth-order valence-electron chi connectivity index (χ4n) is 2.94. The third kappa shape index (κ3) is 7.14. The van der Waals surface area contributed by atoms with E-state index in [9.17, 15) is 14.4 Å².